The molecule has 1 N–H and O–H groups in total. The van der Waals surface area contributed by atoms with E-state index < -0.39 is 10.0 Å². The first kappa shape index (κ1) is 20.9. The highest BCUT2D eigenvalue weighted by molar-refractivity contribution is 7.92. The van der Waals surface area contributed by atoms with Crippen LogP contribution >= 0.6 is 11.6 Å². The predicted molar refractivity (Wildman–Crippen MR) is 117 cm³/mol. The summed E-state index contributed by atoms with van der Waals surface area (Å²) in [5.41, 5.74) is 3.53. The molecule has 0 aliphatic heterocycles. The van der Waals surface area contributed by atoms with Crippen LogP contribution in [0, 0.1) is 13.8 Å². The van der Waals surface area contributed by atoms with Crippen LogP contribution < -0.4 is 9.62 Å². The van der Waals surface area contributed by atoms with E-state index in [-0.39, 0.29) is 10.8 Å². The molecule has 0 aliphatic carbocycles. The fourth-order valence-corrected chi connectivity index (χ4v) is 4.14. The smallest absolute Gasteiger partial charge is 0.264 e. The number of aryl methyl sites for hydroxylation is 1. The molecule has 0 fully saturated rings. The minimum absolute atomic E-state index is 0.120. The monoisotopic (exact) mass is 428 g/mol. The Morgan fingerprint density at radius 1 is 0.966 bits per heavy atom. The molecule has 0 saturated carbocycles. The van der Waals surface area contributed by atoms with Crippen molar-refractivity contribution in [2.24, 2.45) is 0 Å². The van der Waals surface area contributed by atoms with Gasteiger partial charge in [0, 0.05) is 23.3 Å². The molecular weight excluding hydrogens is 408 g/mol. The van der Waals surface area contributed by atoms with Gasteiger partial charge in [-0.3, -0.25) is 9.10 Å². The van der Waals surface area contributed by atoms with Gasteiger partial charge in [0.05, 0.1) is 10.6 Å². The normalized spacial score (nSPS) is 11.2. The molecule has 0 heterocycles. The quantitative estimate of drug-likeness (QED) is 0.619. The lowest BCUT2D eigenvalue weighted by Gasteiger charge is -2.20. The Labute approximate surface area is 176 Å². The zero-order chi connectivity index (χ0) is 21.2. The fraction of sp³-hybridized carbons (Fsp3) is 0.136. The SMILES string of the molecule is Cc1cccc(NC(=O)c2cccc(N(C)S(=O)(=O)c3ccc(Cl)cc3)c2)c1C. The Kier molecular flexibility index (Phi) is 5.96. The number of hydrogen-bond donors (Lipinski definition) is 1. The summed E-state index contributed by atoms with van der Waals surface area (Å²) in [5, 5.41) is 3.34. The Balaban J connectivity index is 1.87. The van der Waals surface area contributed by atoms with E-state index in [4.69, 9.17) is 11.6 Å². The van der Waals surface area contributed by atoms with Crippen LogP contribution in [0.25, 0.3) is 0 Å². The van der Waals surface area contributed by atoms with E-state index in [1.165, 1.54) is 31.3 Å². The number of rotatable bonds is 5. The lowest BCUT2D eigenvalue weighted by molar-refractivity contribution is 0.102. The van der Waals surface area contributed by atoms with Crippen molar-refractivity contribution in [1.29, 1.82) is 0 Å². The molecule has 3 aromatic carbocycles. The summed E-state index contributed by atoms with van der Waals surface area (Å²) in [5.74, 6) is -0.308. The molecule has 0 spiro atoms. The van der Waals surface area contributed by atoms with Crippen molar-refractivity contribution in [3.8, 4) is 0 Å². The molecule has 1 amide bonds. The highest BCUT2D eigenvalue weighted by Crippen LogP contribution is 2.25. The Morgan fingerprint density at radius 3 is 2.31 bits per heavy atom. The molecule has 150 valence electrons. The van der Waals surface area contributed by atoms with E-state index in [0.717, 1.165) is 21.1 Å². The second-order valence-corrected chi connectivity index (χ2v) is 9.08. The number of nitrogens with one attached hydrogen (secondary N) is 1. The second-order valence-electron chi connectivity index (χ2n) is 6.68. The Morgan fingerprint density at radius 2 is 1.62 bits per heavy atom. The summed E-state index contributed by atoms with van der Waals surface area (Å²) in [6.07, 6.45) is 0. The lowest BCUT2D eigenvalue weighted by Crippen LogP contribution is -2.26. The number of amides is 1. The molecule has 0 aromatic heterocycles. The number of carbonyl (C=O) groups excluding carboxylic acids is 1. The number of benzene rings is 3. The molecule has 0 saturated heterocycles. The summed E-state index contributed by atoms with van der Waals surface area (Å²) < 4.78 is 26.9. The molecule has 3 rings (SSSR count). The van der Waals surface area contributed by atoms with Gasteiger partial charge in [0.1, 0.15) is 0 Å². The Bertz CT molecular complexity index is 1160. The van der Waals surface area contributed by atoms with Crippen molar-refractivity contribution >= 4 is 38.9 Å². The van der Waals surface area contributed by atoms with Crippen molar-refractivity contribution in [2.75, 3.05) is 16.7 Å². The number of sulfonamides is 1. The van der Waals surface area contributed by atoms with Gasteiger partial charge >= 0.3 is 0 Å². The largest absolute Gasteiger partial charge is 0.322 e. The van der Waals surface area contributed by atoms with Crippen molar-refractivity contribution in [1.82, 2.24) is 0 Å². The summed E-state index contributed by atoms with van der Waals surface area (Å²) in [6.45, 7) is 3.91. The van der Waals surface area contributed by atoms with E-state index in [1.807, 2.05) is 32.0 Å². The van der Waals surface area contributed by atoms with Gasteiger partial charge in [0.25, 0.3) is 15.9 Å². The highest BCUT2D eigenvalue weighted by Gasteiger charge is 2.22. The maximum absolute atomic E-state index is 12.9. The van der Waals surface area contributed by atoms with Crippen LogP contribution in [0.15, 0.2) is 71.6 Å². The summed E-state index contributed by atoms with van der Waals surface area (Å²) in [7, 11) is -2.33. The zero-order valence-electron chi connectivity index (χ0n) is 16.3. The molecule has 0 aliphatic rings. The van der Waals surface area contributed by atoms with Crippen LogP contribution in [-0.4, -0.2) is 21.4 Å². The molecule has 5 nitrogen and oxygen atoms in total. The van der Waals surface area contributed by atoms with Gasteiger partial charge in [-0.2, -0.15) is 0 Å². The molecule has 3 aromatic rings. The summed E-state index contributed by atoms with van der Waals surface area (Å²) in [6, 6.07) is 18.1. The highest BCUT2D eigenvalue weighted by atomic mass is 35.5. The van der Waals surface area contributed by atoms with E-state index >= 15 is 0 Å². The number of halogens is 1. The summed E-state index contributed by atoms with van der Waals surface area (Å²) in [4.78, 5) is 12.8. The predicted octanol–water partition coefficient (Wildman–Crippen LogP) is 5.03. The maximum Gasteiger partial charge on any atom is 0.264 e. The van der Waals surface area contributed by atoms with Gasteiger partial charge in [-0.1, -0.05) is 29.8 Å². The van der Waals surface area contributed by atoms with Crippen molar-refractivity contribution < 1.29 is 13.2 Å². The first-order valence-corrected chi connectivity index (χ1v) is 10.7. The maximum atomic E-state index is 12.9. The third-order valence-electron chi connectivity index (χ3n) is 4.80. The summed E-state index contributed by atoms with van der Waals surface area (Å²) >= 11 is 5.85. The topological polar surface area (TPSA) is 66.5 Å². The van der Waals surface area contributed by atoms with Crippen LogP contribution in [-0.2, 0) is 10.0 Å². The van der Waals surface area contributed by atoms with Gasteiger partial charge in [0.15, 0.2) is 0 Å². The zero-order valence-corrected chi connectivity index (χ0v) is 17.9. The molecule has 7 heteroatoms. The third-order valence-corrected chi connectivity index (χ3v) is 6.85. The third kappa shape index (κ3) is 4.44. The van der Waals surface area contributed by atoms with E-state index in [0.29, 0.717) is 16.3 Å². The second kappa shape index (κ2) is 8.27. The van der Waals surface area contributed by atoms with Crippen molar-refractivity contribution in [3.05, 3.63) is 88.4 Å². The van der Waals surface area contributed by atoms with Gasteiger partial charge < -0.3 is 5.32 Å². The number of hydrogen-bond acceptors (Lipinski definition) is 3. The Hall–Kier alpha value is -2.83. The van der Waals surface area contributed by atoms with Crippen LogP contribution in [0.5, 0.6) is 0 Å². The molecular formula is C22H21ClN2O3S. The van der Waals surface area contributed by atoms with Gasteiger partial charge in [-0.15, -0.1) is 0 Å². The average Bonchev–Trinajstić information content (AvgIpc) is 2.71. The number of carbonyl (C=O) groups is 1. The van der Waals surface area contributed by atoms with Crippen LogP contribution in [0.4, 0.5) is 11.4 Å². The molecule has 0 atom stereocenters. The minimum atomic E-state index is -3.78. The minimum Gasteiger partial charge on any atom is -0.322 e. The van der Waals surface area contributed by atoms with Crippen molar-refractivity contribution in [3.63, 3.8) is 0 Å². The number of anilines is 2. The first-order valence-electron chi connectivity index (χ1n) is 8.92. The fourth-order valence-electron chi connectivity index (χ4n) is 2.83. The van der Waals surface area contributed by atoms with E-state index in [9.17, 15) is 13.2 Å². The van der Waals surface area contributed by atoms with E-state index in [1.54, 1.807) is 24.3 Å². The van der Waals surface area contributed by atoms with E-state index in [2.05, 4.69) is 5.32 Å². The molecule has 0 bridgehead atoms. The molecule has 29 heavy (non-hydrogen) atoms. The molecule has 0 unspecified atom stereocenters. The lowest BCUT2D eigenvalue weighted by atomic mass is 10.1. The average molecular weight is 429 g/mol. The van der Waals surface area contributed by atoms with Gasteiger partial charge in [-0.25, -0.2) is 8.42 Å². The molecule has 0 radical (unpaired) electrons. The van der Waals surface area contributed by atoms with Crippen molar-refractivity contribution in [2.45, 2.75) is 18.7 Å². The standard InChI is InChI=1S/C22H21ClN2O3S/c1-15-6-4-9-21(16(15)2)24-22(26)17-7-5-8-19(14-17)25(3)29(27,28)20-12-10-18(23)11-13-20/h4-14H,1-3H3,(H,24,26). The number of nitrogens with zero attached hydrogens (tertiary/aromatic N) is 1. The van der Waals surface area contributed by atoms with Crippen LogP contribution in [0.3, 0.4) is 0 Å². The van der Waals surface area contributed by atoms with Gasteiger partial charge in [-0.05, 0) is 73.5 Å². The first-order chi connectivity index (χ1) is 13.7. The van der Waals surface area contributed by atoms with Crippen LogP contribution in [0.1, 0.15) is 21.5 Å². The van der Waals surface area contributed by atoms with Gasteiger partial charge in [0.2, 0.25) is 0 Å². The van der Waals surface area contributed by atoms with Crippen LogP contribution in [0.2, 0.25) is 5.02 Å².